The molecule has 0 amide bonds. The first-order chi connectivity index (χ1) is 11.4. The van der Waals surface area contributed by atoms with Crippen molar-refractivity contribution in [2.45, 2.75) is 45.9 Å². The lowest BCUT2D eigenvalue weighted by atomic mass is 10.1. The fourth-order valence-electron chi connectivity index (χ4n) is 2.82. The summed E-state index contributed by atoms with van der Waals surface area (Å²) >= 11 is 0. The van der Waals surface area contributed by atoms with Gasteiger partial charge in [-0.05, 0) is 43.0 Å². The van der Waals surface area contributed by atoms with Crippen LogP contribution < -0.4 is 5.19 Å². The molecule has 0 radical (unpaired) electrons. The SMILES string of the molecule is CC(=C=C(CCc1ccccc1)[Si](C)(C)c1ccccc1)C(C)O. The number of hydrogen-bond acceptors (Lipinski definition) is 1. The molecular formula is C22H28OSi. The monoisotopic (exact) mass is 336 g/mol. The van der Waals surface area contributed by atoms with E-state index in [2.05, 4.69) is 79.5 Å². The van der Waals surface area contributed by atoms with Crippen molar-refractivity contribution in [3.63, 3.8) is 0 Å². The quantitative estimate of drug-likeness (QED) is 0.602. The molecule has 126 valence electrons. The van der Waals surface area contributed by atoms with Gasteiger partial charge in [0.1, 0.15) is 8.07 Å². The molecule has 0 heterocycles. The van der Waals surface area contributed by atoms with Gasteiger partial charge in [0.25, 0.3) is 0 Å². The highest BCUT2D eigenvalue weighted by molar-refractivity contribution is 6.95. The maximum Gasteiger partial charge on any atom is 0.116 e. The molecule has 2 aromatic carbocycles. The molecular weight excluding hydrogens is 308 g/mol. The van der Waals surface area contributed by atoms with Crippen molar-refractivity contribution < 1.29 is 5.11 Å². The van der Waals surface area contributed by atoms with Gasteiger partial charge in [0, 0.05) is 0 Å². The van der Waals surface area contributed by atoms with Crippen molar-refractivity contribution in [2.75, 3.05) is 0 Å². The molecule has 2 heteroatoms. The van der Waals surface area contributed by atoms with Gasteiger partial charge in [0.2, 0.25) is 0 Å². The Hall–Kier alpha value is -1.86. The highest BCUT2D eigenvalue weighted by Gasteiger charge is 2.28. The van der Waals surface area contributed by atoms with E-state index in [0.717, 1.165) is 18.4 Å². The Labute approximate surface area is 147 Å². The van der Waals surface area contributed by atoms with Gasteiger partial charge in [-0.3, -0.25) is 0 Å². The minimum Gasteiger partial charge on any atom is -0.388 e. The van der Waals surface area contributed by atoms with Crippen molar-refractivity contribution in [2.24, 2.45) is 0 Å². The van der Waals surface area contributed by atoms with Crippen LogP contribution in [0.1, 0.15) is 25.8 Å². The Bertz CT molecular complexity index is 708. The highest BCUT2D eigenvalue weighted by Crippen LogP contribution is 2.21. The summed E-state index contributed by atoms with van der Waals surface area (Å²) < 4.78 is 0. The predicted octanol–water partition coefficient (Wildman–Crippen LogP) is 4.63. The van der Waals surface area contributed by atoms with Gasteiger partial charge in [0.05, 0.1) is 6.10 Å². The molecule has 0 spiro atoms. The smallest absolute Gasteiger partial charge is 0.116 e. The second kappa shape index (κ2) is 8.30. The average Bonchev–Trinajstić information content (AvgIpc) is 2.59. The Morgan fingerprint density at radius 1 is 1.00 bits per heavy atom. The van der Waals surface area contributed by atoms with E-state index >= 15 is 0 Å². The van der Waals surface area contributed by atoms with E-state index < -0.39 is 14.2 Å². The molecule has 0 aliphatic rings. The molecule has 24 heavy (non-hydrogen) atoms. The Morgan fingerprint density at radius 2 is 1.54 bits per heavy atom. The number of rotatable bonds is 6. The molecule has 0 fully saturated rings. The Balaban J connectivity index is 2.38. The van der Waals surface area contributed by atoms with E-state index in [9.17, 15) is 5.11 Å². The number of aliphatic hydroxyl groups is 1. The molecule has 1 atom stereocenters. The van der Waals surface area contributed by atoms with Gasteiger partial charge in [-0.25, -0.2) is 0 Å². The van der Waals surface area contributed by atoms with Crippen LogP contribution in [0.5, 0.6) is 0 Å². The van der Waals surface area contributed by atoms with E-state index in [4.69, 9.17) is 0 Å². The minimum absolute atomic E-state index is 0.447. The van der Waals surface area contributed by atoms with Crippen molar-refractivity contribution in [1.29, 1.82) is 0 Å². The van der Waals surface area contributed by atoms with E-state index in [1.165, 1.54) is 15.9 Å². The van der Waals surface area contributed by atoms with Crippen molar-refractivity contribution >= 4 is 13.3 Å². The zero-order valence-electron chi connectivity index (χ0n) is 15.2. The molecule has 1 unspecified atom stereocenters. The average molecular weight is 337 g/mol. The summed E-state index contributed by atoms with van der Waals surface area (Å²) in [6.45, 7) is 8.55. The van der Waals surface area contributed by atoms with Gasteiger partial charge >= 0.3 is 0 Å². The molecule has 0 aliphatic heterocycles. The van der Waals surface area contributed by atoms with Crippen molar-refractivity contribution in [1.82, 2.24) is 0 Å². The molecule has 1 N–H and O–H groups in total. The largest absolute Gasteiger partial charge is 0.388 e. The first kappa shape index (κ1) is 18.5. The van der Waals surface area contributed by atoms with Gasteiger partial charge < -0.3 is 5.11 Å². The molecule has 0 bridgehead atoms. The first-order valence-corrected chi connectivity index (χ1v) is 11.7. The van der Waals surface area contributed by atoms with Crippen LogP contribution in [0, 0.1) is 0 Å². The van der Waals surface area contributed by atoms with Gasteiger partial charge in [-0.15, -0.1) is 5.73 Å². The summed E-state index contributed by atoms with van der Waals surface area (Å²) in [6.07, 6.45) is 1.55. The lowest BCUT2D eigenvalue weighted by Crippen LogP contribution is -2.43. The normalized spacial score (nSPS) is 12.4. The summed E-state index contributed by atoms with van der Waals surface area (Å²) in [5, 5.41) is 12.7. The second-order valence-electron chi connectivity index (χ2n) is 6.94. The van der Waals surface area contributed by atoms with E-state index in [1.54, 1.807) is 0 Å². The lowest BCUT2D eigenvalue weighted by Gasteiger charge is -2.26. The van der Waals surface area contributed by atoms with E-state index in [1.807, 2.05) is 13.8 Å². The third-order valence-corrected chi connectivity index (χ3v) is 8.39. The van der Waals surface area contributed by atoms with E-state index in [0.29, 0.717) is 0 Å². The van der Waals surface area contributed by atoms with Gasteiger partial charge in [0.15, 0.2) is 0 Å². The molecule has 0 saturated carbocycles. The summed E-state index contributed by atoms with van der Waals surface area (Å²) in [7, 11) is -1.80. The summed E-state index contributed by atoms with van der Waals surface area (Å²) in [5.41, 5.74) is 5.85. The predicted molar refractivity (Wildman–Crippen MR) is 106 cm³/mol. The number of benzene rings is 2. The van der Waals surface area contributed by atoms with Crippen LogP contribution in [0.4, 0.5) is 0 Å². The molecule has 0 saturated heterocycles. The molecule has 2 aromatic rings. The molecule has 2 rings (SSSR count). The topological polar surface area (TPSA) is 20.2 Å². The van der Waals surface area contributed by atoms with Gasteiger partial charge in [-0.1, -0.05) is 78.9 Å². The fourth-order valence-corrected chi connectivity index (χ4v) is 5.45. The highest BCUT2D eigenvalue weighted by atomic mass is 28.3. The molecule has 0 aliphatic carbocycles. The van der Waals surface area contributed by atoms with Gasteiger partial charge in [-0.2, -0.15) is 0 Å². The van der Waals surface area contributed by atoms with Crippen LogP contribution in [0.3, 0.4) is 0 Å². The van der Waals surface area contributed by atoms with Crippen molar-refractivity contribution in [3.05, 3.63) is 82.7 Å². The van der Waals surface area contributed by atoms with Crippen LogP contribution in [-0.4, -0.2) is 19.3 Å². The molecule has 0 aromatic heterocycles. The maximum absolute atomic E-state index is 9.89. The third kappa shape index (κ3) is 4.81. The summed E-state index contributed by atoms with van der Waals surface area (Å²) in [4.78, 5) is 0. The molecule has 1 nitrogen and oxygen atoms in total. The van der Waals surface area contributed by atoms with E-state index in [-0.39, 0.29) is 0 Å². The minimum atomic E-state index is -1.80. The third-order valence-electron chi connectivity index (χ3n) is 4.73. The standard InChI is InChI=1S/C22H28OSi/c1-18(19(2)23)17-22(16-15-20-11-7-5-8-12-20)24(3,4)21-13-9-6-10-14-21/h5-14,19,23H,15-16H2,1-4H3. The van der Waals surface area contributed by atoms with Crippen molar-refractivity contribution in [3.8, 4) is 0 Å². The van der Waals surface area contributed by atoms with Crippen LogP contribution in [0.25, 0.3) is 0 Å². The lowest BCUT2D eigenvalue weighted by molar-refractivity contribution is 0.232. The fraction of sp³-hybridized carbons (Fsp3) is 0.318. The van der Waals surface area contributed by atoms with Crippen LogP contribution in [0.15, 0.2) is 77.2 Å². The van der Waals surface area contributed by atoms with Crippen LogP contribution in [-0.2, 0) is 6.42 Å². The number of aryl methyl sites for hydroxylation is 1. The Morgan fingerprint density at radius 3 is 2.08 bits per heavy atom. The summed E-state index contributed by atoms with van der Waals surface area (Å²) in [5.74, 6) is 0. The second-order valence-corrected chi connectivity index (χ2v) is 11.4. The zero-order chi connectivity index (χ0) is 17.6. The number of hydrogen-bond donors (Lipinski definition) is 1. The number of aliphatic hydroxyl groups excluding tert-OH is 1. The summed E-state index contributed by atoms with van der Waals surface area (Å²) in [6, 6.07) is 21.4. The van der Waals surface area contributed by atoms with Crippen LogP contribution >= 0.6 is 0 Å². The first-order valence-electron chi connectivity index (χ1n) is 8.65. The van der Waals surface area contributed by atoms with Crippen LogP contribution in [0.2, 0.25) is 13.1 Å². The Kier molecular flexibility index (Phi) is 6.39. The maximum atomic E-state index is 9.89. The zero-order valence-corrected chi connectivity index (χ0v) is 16.2.